The van der Waals surface area contributed by atoms with Crippen molar-refractivity contribution in [2.45, 2.75) is 57.0 Å². The number of rotatable bonds is 10. The maximum atomic E-state index is 12.6. The van der Waals surface area contributed by atoms with E-state index in [4.69, 9.17) is 0 Å². The Morgan fingerprint density at radius 1 is 0.886 bits per heavy atom. The second-order valence-electron chi connectivity index (χ2n) is 9.59. The highest BCUT2D eigenvalue weighted by atomic mass is 32.2. The highest BCUT2D eigenvalue weighted by molar-refractivity contribution is 7.89. The van der Waals surface area contributed by atoms with Crippen LogP contribution in [-0.4, -0.2) is 63.4 Å². The third-order valence-corrected chi connectivity index (χ3v) is 8.56. The van der Waals surface area contributed by atoms with Crippen LogP contribution in [0.2, 0.25) is 0 Å². The molecule has 35 heavy (non-hydrogen) atoms. The summed E-state index contributed by atoms with van der Waals surface area (Å²) in [4.78, 5) is 17.5. The van der Waals surface area contributed by atoms with Gasteiger partial charge in [0.1, 0.15) is 0 Å². The van der Waals surface area contributed by atoms with E-state index in [1.165, 1.54) is 11.1 Å². The molecule has 0 bridgehead atoms. The summed E-state index contributed by atoms with van der Waals surface area (Å²) in [6.45, 7) is 9.25. The minimum atomic E-state index is -3.61. The largest absolute Gasteiger partial charge is 0.352 e. The molecule has 7 nitrogen and oxygen atoms in total. The van der Waals surface area contributed by atoms with Crippen molar-refractivity contribution < 1.29 is 13.2 Å². The average molecular weight is 499 g/mol. The Kier molecular flexibility index (Phi) is 8.94. The van der Waals surface area contributed by atoms with E-state index in [2.05, 4.69) is 51.0 Å². The molecule has 4 rings (SSSR count). The van der Waals surface area contributed by atoms with E-state index >= 15 is 0 Å². The predicted octanol–water partition coefficient (Wildman–Crippen LogP) is 2.69. The van der Waals surface area contributed by atoms with Gasteiger partial charge in [0, 0.05) is 52.2 Å². The molecule has 1 fully saturated rings. The normalized spacial score (nSPS) is 17.2. The summed E-state index contributed by atoms with van der Waals surface area (Å²) in [6, 6.07) is 13.7. The maximum absolute atomic E-state index is 12.6. The summed E-state index contributed by atoms with van der Waals surface area (Å²) in [5.41, 5.74) is 4.69. The smallest absolute Gasteiger partial charge is 0.240 e. The van der Waals surface area contributed by atoms with Gasteiger partial charge in [0.2, 0.25) is 15.9 Å². The van der Waals surface area contributed by atoms with Gasteiger partial charge in [0.05, 0.1) is 4.90 Å². The van der Waals surface area contributed by atoms with Crippen molar-refractivity contribution in [2.75, 3.05) is 39.3 Å². The van der Waals surface area contributed by atoms with Crippen LogP contribution in [0, 0.1) is 0 Å². The fourth-order valence-corrected chi connectivity index (χ4v) is 5.91. The van der Waals surface area contributed by atoms with E-state index in [1.54, 1.807) is 12.1 Å². The van der Waals surface area contributed by atoms with Crippen LogP contribution in [0.15, 0.2) is 47.4 Å². The van der Waals surface area contributed by atoms with Crippen LogP contribution >= 0.6 is 0 Å². The van der Waals surface area contributed by atoms with Gasteiger partial charge in [-0.1, -0.05) is 37.3 Å². The summed E-state index contributed by atoms with van der Waals surface area (Å²) in [6.07, 6.45) is 4.31. The topological polar surface area (TPSA) is 81.8 Å². The Morgan fingerprint density at radius 3 is 2.26 bits per heavy atom. The molecule has 1 amide bonds. The maximum Gasteiger partial charge on any atom is 0.240 e. The summed E-state index contributed by atoms with van der Waals surface area (Å²) in [5, 5.41) is 2.89. The predicted molar refractivity (Wildman–Crippen MR) is 139 cm³/mol. The molecule has 2 N–H and O–H groups in total. The van der Waals surface area contributed by atoms with Gasteiger partial charge in [-0.2, -0.15) is 0 Å². The Hall–Kier alpha value is -2.26. The molecule has 0 aromatic heterocycles. The first-order chi connectivity index (χ1) is 16.9. The molecule has 1 saturated heterocycles. The number of nitrogens with zero attached hydrogens (tertiary/aromatic N) is 2. The van der Waals surface area contributed by atoms with Gasteiger partial charge in [-0.3, -0.25) is 9.69 Å². The lowest BCUT2D eigenvalue weighted by molar-refractivity contribution is -0.121. The first-order valence-corrected chi connectivity index (χ1v) is 14.3. The van der Waals surface area contributed by atoms with Crippen molar-refractivity contribution in [3.63, 3.8) is 0 Å². The SMILES string of the molecule is CCN1CCN(Cc2ccc(CNC(=O)CCNS(=O)(=O)c3ccc4c(c3)CCCC4)cc2)CC1. The molecule has 2 aromatic carbocycles. The molecule has 0 unspecified atom stereocenters. The van der Waals surface area contributed by atoms with E-state index in [9.17, 15) is 13.2 Å². The van der Waals surface area contributed by atoms with Crippen molar-refractivity contribution in [1.29, 1.82) is 0 Å². The third-order valence-electron chi connectivity index (χ3n) is 7.11. The number of hydrogen-bond acceptors (Lipinski definition) is 5. The number of aryl methyl sites for hydroxylation is 2. The number of sulfonamides is 1. The number of likely N-dealkylation sites (N-methyl/N-ethyl adjacent to an activating group) is 1. The fourth-order valence-electron chi connectivity index (χ4n) is 4.83. The fraction of sp³-hybridized carbons (Fsp3) is 0.519. The second kappa shape index (κ2) is 12.1. The minimum Gasteiger partial charge on any atom is -0.352 e. The summed E-state index contributed by atoms with van der Waals surface area (Å²) < 4.78 is 27.8. The zero-order chi connectivity index (χ0) is 24.7. The molecular formula is C27H38N4O3S. The quantitative estimate of drug-likeness (QED) is 0.526. The zero-order valence-corrected chi connectivity index (χ0v) is 21.6. The highest BCUT2D eigenvalue weighted by Crippen LogP contribution is 2.24. The van der Waals surface area contributed by atoms with E-state index < -0.39 is 10.0 Å². The Morgan fingerprint density at radius 2 is 1.54 bits per heavy atom. The van der Waals surface area contributed by atoms with Gasteiger partial charge >= 0.3 is 0 Å². The van der Waals surface area contributed by atoms with Gasteiger partial charge in [-0.25, -0.2) is 13.1 Å². The van der Waals surface area contributed by atoms with Crippen LogP contribution < -0.4 is 10.0 Å². The van der Waals surface area contributed by atoms with Crippen molar-refractivity contribution in [3.05, 3.63) is 64.7 Å². The van der Waals surface area contributed by atoms with Crippen molar-refractivity contribution in [3.8, 4) is 0 Å². The van der Waals surface area contributed by atoms with E-state index in [0.29, 0.717) is 6.54 Å². The first kappa shape index (κ1) is 25.8. The minimum absolute atomic E-state index is 0.0789. The molecule has 1 aliphatic carbocycles. The summed E-state index contributed by atoms with van der Waals surface area (Å²) in [5.74, 6) is -0.170. The number of carbonyl (C=O) groups is 1. The number of nitrogens with one attached hydrogen (secondary N) is 2. The number of amides is 1. The van der Waals surface area contributed by atoms with E-state index in [1.807, 2.05) is 6.07 Å². The molecule has 2 aliphatic rings. The molecule has 1 heterocycles. The van der Waals surface area contributed by atoms with E-state index in [0.717, 1.165) is 76.1 Å². The van der Waals surface area contributed by atoms with Gasteiger partial charge in [0.25, 0.3) is 0 Å². The van der Waals surface area contributed by atoms with Crippen LogP contribution in [0.3, 0.4) is 0 Å². The second-order valence-corrected chi connectivity index (χ2v) is 11.4. The molecule has 8 heteroatoms. The molecule has 2 aromatic rings. The molecule has 0 radical (unpaired) electrons. The molecule has 0 spiro atoms. The lowest BCUT2D eigenvalue weighted by Crippen LogP contribution is -2.45. The Balaban J connectivity index is 1.17. The molecule has 0 atom stereocenters. The number of fused-ring (bicyclic) bond motifs is 1. The number of carbonyl (C=O) groups excluding carboxylic acids is 1. The zero-order valence-electron chi connectivity index (χ0n) is 20.8. The van der Waals surface area contributed by atoms with Gasteiger partial charge in [0.15, 0.2) is 0 Å². The molecular weight excluding hydrogens is 460 g/mol. The van der Waals surface area contributed by atoms with Crippen molar-refractivity contribution in [2.24, 2.45) is 0 Å². The number of benzene rings is 2. The number of piperazine rings is 1. The van der Waals surface area contributed by atoms with Gasteiger partial charge in [-0.15, -0.1) is 0 Å². The van der Waals surface area contributed by atoms with Crippen molar-refractivity contribution >= 4 is 15.9 Å². The van der Waals surface area contributed by atoms with Crippen molar-refractivity contribution in [1.82, 2.24) is 19.8 Å². The highest BCUT2D eigenvalue weighted by Gasteiger charge is 2.18. The standard InChI is InChI=1S/C27H38N4O3S/c1-2-30-15-17-31(18-16-30)21-23-9-7-22(8-10-23)20-28-27(32)13-14-29-35(33,34)26-12-11-24-5-3-4-6-25(24)19-26/h7-12,19,29H,2-6,13-18,20-21H2,1H3,(H,28,32). The molecule has 1 aliphatic heterocycles. The Labute approximate surface area is 209 Å². The third kappa shape index (κ3) is 7.36. The molecule has 0 saturated carbocycles. The summed E-state index contributed by atoms with van der Waals surface area (Å²) in [7, 11) is -3.61. The lowest BCUT2D eigenvalue weighted by Gasteiger charge is -2.34. The van der Waals surface area contributed by atoms with Crippen LogP contribution in [0.4, 0.5) is 0 Å². The lowest BCUT2D eigenvalue weighted by atomic mass is 9.92. The Bertz CT molecular complexity index is 1090. The molecule has 190 valence electrons. The van der Waals surface area contributed by atoms with E-state index in [-0.39, 0.29) is 23.8 Å². The first-order valence-electron chi connectivity index (χ1n) is 12.8. The van der Waals surface area contributed by atoms with Crippen LogP contribution in [0.5, 0.6) is 0 Å². The van der Waals surface area contributed by atoms with Crippen LogP contribution in [0.25, 0.3) is 0 Å². The number of hydrogen-bond donors (Lipinski definition) is 2. The monoisotopic (exact) mass is 498 g/mol. The van der Waals surface area contributed by atoms with Gasteiger partial charge < -0.3 is 10.2 Å². The van der Waals surface area contributed by atoms with Crippen LogP contribution in [0.1, 0.15) is 48.4 Å². The average Bonchev–Trinajstić information content (AvgIpc) is 2.88. The van der Waals surface area contributed by atoms with Gasteiger partial charge in [-0.05, 0) is 66.6 Å². The van der Waals surface area contributed by atoms with Crippen LogP contribution in [-0.2, 0) is 40.7 Å². The summed E-state index contributed by atoms with van der Waals surface area (Å²) >= 11 is 0.